The van der Waals surface area contributed by atoms with Gasteiger partial charge in [0, 0.05) is 20.0 Å². The number of rotatable bonds is 23. The van der Waals surface area contributed by atoms with E-state index in [0.29, 0.717) is 19.6 Å². The zero-order valence-electron chi connectivity index (χ0n) is 33.9. The number of hydrogen-bond acceptors (Lipinski definition) is 12. The van der Waals surface area contributed by atoms with Crippen molar-refractivity contribution in [2.24, 2.45) is 0 Å². The molecule has 2 heterocycles. The highest BCUT2D eigenvalue weighted by atomic mass is 16.7. The summed E-state index contributed by atoms with van der Waals surface area (Å²) in [6.07, 6.45) is -2.77. The number of benzene rings is 3. The Balaban J connectivity index is 1.31. The topological polar surface area (TPSA) is 160 Å². The van der Waals surface area contributed by atoms with E-state index < -0.39 is 73.9 Å². The molecule has 0 aromatic heterocycles. The number of esters is 1. The average Bonchev–Trinajstić information content (AvgIpc) is 3.24. The van der Waals surface area contributed by atoms with Crippen LogP contribution in [0.4, 0.5) is 0 Å². The van der Waals surface area contributed by atoms with Gasteiger partial charge in [0.25, 0.3) is 0 Å². The first kappa shape index (κ1) is 45.3. The second-order valence-corrected chi connectivity index (χ2v) is 14.9. The molecule has 58 heavy (non-hydrogen) atoms. The number of aliphatic hydroxyl groups is 2. The second kappa shape index (κ2) is 24.4. The van der Waals surface area contributed by atoms with Gasteiger partial charge in [0.15, 0.2) is 12.6 Å². The van der Waals surface area contributed by atoms with Crippen molar-refractivity contribution in [2.45, 2.75) is 140 Å². The highest BCUT2D eigenvalue weighted by Crippen LogP contribution is 2.34. The fourth-order valence-corrected chi connectivity index (χ4v) is 7.28. The smallest absolute Gasteiger partial charge is 0.305 e. The third-order valence-electron chi connectivity index (χ3n) is 10.4. The van der Waals surface area contributed by atoms with E-state index in [2.05, 4.69) is 5.32 Å². The van der Waals surface area contributed by atoms with Crippen molar-refractivity contribution in [2.75, 3.05) is 20.3 Å². The molecule has 13 nitrogen and oxygen atoms in total. The number of carbonyl (C=O) groups excluding carboxylic acids is 2. The van der Waals surface area contributed by atoms with Crippen LogP contribution >= 0.6 is 0 Å². The summed E-state index contributed by atoms with van der Waals surface area (Å²) in [6.45, 7) is 3.79. The molecular formula is C45H61NO12. The summed E-state index contributed by atoms with van der Waals surface area (Å²) in [6, 6.07) is 28.3. The molecule has 0 spiro atoms. The summed E-state index contributed by atoms with van der Waals surface area (Å²) in [5, 5.41) is 25.3. The number of unbranched alkanes of at least 4 members (excludes halogenated alkanes) is 5. The first-order chi connectivity index (χ1) is 28.3. The van der Waals surface area contributed by atoms with Gasteiger partial charge >= 0.3 is 5.97 Å². The Bertz CT molecular complexity index is 1600. The molecule has 318 valence electrons. The number of hydrogen-bond donors (Lipinski definition) is 3. The molecule has 3 N–H and O–H groups in total. The second-order valence-electron chi connectivity index (χ2n) is 14.9. The molecule has 10 atom stereocenters. The molecule has 0 unspecified atom stereocenters. The lowest BCUT2D eigenvalue weighted by atomic mass is 9.95. The molecular weight excluding hydrogens is 746 g/mol. The third kappa shape index (κ3) is 13.9. The normalized spacial score (nSPS) is 27.2. The molecule has 2 fully saturated rings. The summed E-state index contributed by atoms with van der Waals surface area (Å²) in [5.41, 5.74) is 2.86. The molecule has 2 aliphatic rings. The Kier molecular flexibility index (Phi) is 19.0. The number of carbonyl (C=O) groups is 2. The number of amides is 1. The quantitative estimate of drug-likeness (QED) is 0.0832. The number of nitrogens with one attached hydrogen (secondary N) is 1. The van der Waals surface area contributed by atoms with Gasteiger partial charge in [0.05, 0.1) is 39.6 Å². The lowest BCUT2D eigenvalue weighted by Gasteiger charge is -2.49. The van der Waals surface area contributed by atoms with Gasteiger partial charge in [-0.15, -0.1) is 0 Å². The fraction of sp³-hybridized carbons (Fsp3) is 0.556. The van der Waals surface area contributed by atoms with E-state index in [1.165, 1.54) is 14.0 Å². The predicted molar refractivity (Wildman–Crippen MR) is 214 cm³/mol. The van der Waals surface area contributed by atoms with Crippen LogP contribution in [0.5, 0.6) is 0 Å². The molecule has 3 aromatic carbocycles. The molecule has 0 saturated carbocycles. The van der Waals surface area contributed by atoms with E-state index in [4.69, 9.17) is 37.9 Å². The van der Waals surface area contributed by atoms with Crippen LogP contribution in [0.25, 0.3) is 0 Å². The van der Waals surface area contributed by atoms with Gasteiger partial charge in [-0.25, -0.2) is 0 Å². The van der Waals surface area contributed by atoms with Gasteiger partial charge in [-0.05, 0) is 36.5 Å². The largest absolute Gasteiger partial charge is 0.469 e. The SMILES string of the molecule is COC(=O)CCCCCCCCO[C@@H]1O[C@H](CO)[C@@H](O[C@@H]2O[C@@H](C)[C@@H](OCc3ccccc3)[C@@H](OCc3ccccc3)[C@@H]2OCc2ccccc2)[C@H](O)[C@H]1NC(C)=O. The Labute approximate surface area is 342 Å². The monoisotopic (exact) mass is 807 g/mol. The standard InChI is InChI=1S/C45H61NO12/c1-31-40(53-28-33-19-11-8-12-20-33)42(54-29-34-21-13-9-14-22-34)43(55-30-35-23-15-10-16-24-35)45(56-31)58-41-36(27-47)57-44(38(39(41)50)46-32(2)48)52-26-18-7-5-4-6-17-25-37(49)51-3/h8-16,19-24,31,36,38-45,47,50H,4-7,17-18,25-30H2,1-3H3,(H,46,48)/t31-,36+,38+,39+,40+,41+,42+,43-,44+,45-/m0/s1. The number of ether oxygens (including phenoxy) is 8. The van der Waals surface area contributed by atoms with E-state index in [9.17, 15) is 19.8 Å². The Morgan fingerprint density at radius 3 is 1.71 bits per heavy atom. The van der Waals surface area contributed by atoms with E-state index in [1.807, 2.05) is 97.9 Å². The van der Waals surface area contributed by atoms with Crippen LogP contribution in [-0.4, -0.2) is 104 Å². The van der Waals surface area contributed by atoms with E-state index in [1.54, 1.807) is 0 Å². The Morgan fingerprint density at radius 2 is 1.17 bits per heavy atom. The van der Waals surface area contributed by atoms with E-state index in [0.717, 1.165) is 55.2 Å². The van der Waals surface area contributed by atoms with Crippen molar-refractivity contribution in [3.63, 3.8) is 0 Å². The predicted octanol–water partition coefficient (Wildman–Crippen LogP) is 5.38. The van der Waals surface area contributed by atoms with Crippen molar-refractivity contribution < 1.29 is 57.7 Å². The molecule has 0 radical (unpaired) electrons. The lowest BCUT2D eigenvalue weighted by molar-refractivity contribution is -0.357. The van der Waals surface area contributed by atoms with Crippen molar-refractivity contribution in [3.05, 3.63) is 108 Å². The van der Waals surface area contributed by atoms with Gasteiger partial charge in [-0.3, -0.25) is 9.59 Å². The van der Waals surface area contributed by atoms with Gasteiger partial charge in [0.2, 0.25) is 5.91 Å². The summed E-state index contributed by atoms with van der Waals surface area (Å²) in [4.78, 5) is 23.8. The maximum atomic E-state index is 12.4. The van der Waals surface area contributed by atoms with Crippen LogP contribution in [0.3, 0.4) is 0 Å². The summed E-state index contributed by atoms with van der Waals surface area (Å²) in [5.74, 6) is -0.591. The molecule has 2 aliphatic heterocycles. The first-order valence-electron chi connectivity index (χ1n) is 20.4. The lowest BCUT2D eigenvalue weighted by Crippen LogP contribution is -2.67. The van der Waals surface area contributed by atoms with Crippen molar-refractivity contribution >= 4 is 11.9 Å². The number of methoxy groups -OCH3 is 1. The van der Waals surface area contributed by atoms with Crippen LogP contribution in [0.1, 0.15) is 75.5 Å². The molecule has 0 bridgehead atoms. The minimum atomic E-state index is -1.36. The highest BCUT2D eigenvalue weighted by Gasteiger charge is 2.52. The maximum absolute atomic E-state index is 12.4. The summed E-state index contributed by atoms with van der Waals surface area (Å²) < 4.78 is 50.1. The molecule has 0 aliphatic carbocycles. The first-order valence-corrected chi connectivity index (χ1v) is 20.4. The van der Waals surface area contributed by atoms with Crippen molar-refractivity contribution in [1.29, 1.82) is 0 Å². The average molecular weight is 808 g/mol. The van der Waals surface area contributed by atoms with Crippen LogP contribution in [0.15, 0.2) is 91.0 Å². The molecule has 5 rings (SSSR count). The fourth-order valence-electron chi connectivity index (χ4n) is 7.28. The minimum Gasteiger partial charge on any atom is -0.469 e. The van der Waals surface area contributed by atoms with Gasteiger partial charge in [-0.2, -0.15) is 0 Å². The Hall–Kier alpha value is -3.76. The van der Waals surface area contributed by atoms with E-state index >= 15 is 0 Å². The van der Waals surface area contributed by atoms with Crippen LogP contribution in [0.2, 0.25) is 0 Å². The Morgan fingerprint density at radius 1 is 0.655 bits per heavy atom. The van der Waals surface area contributed by atoms with Crippen LogP contribution in [0, 0.1) is 0 Å². The van der Waals surface area contributed by atoms with Crippen molar-refractivity contribution in [3.8, 4) is 0 Å². The molecule has 3 aromatic rings. The van der Waals surface area contributed by atoms with Crippen LogP contribution in [-0.2, 0) is 67.3 Å². The summed E-state index contributed by atoms with van der Waals surface area (Å²) >= 11 is 0. The summed E-state index contributed by atoms with van der Waals surface area (Å²) in [7, 11) is 1.39. The van der Waals surface area contributed by atoms with Gasteiger partial charge < -0.3 is 53.4 Å². The zero-order chi connectivity index (χ0) is 41.1. The highest BCUT2D eigenvalue weighted by molar-refractivity contribution is 5.73. The number of aliphatic hydroxyl groups excluding tert-OH is 2. The molecule has 1 amide bonds. The van der Waals surface area contributed by atoms with Gasteiger partial charge in [0.1, 0.15) is 42.7 Å². The maximum Gasteiger partial charge on any atom is 0.305 e. The van der Waals surface area contributed by atoms with Gasteiger partial charge in [-0.1, -0.05) is 117 Å². The van der Waals surface area contributed by atoms with E-state index in [-0.39, 0.29) is 19.2 Å². The minimum absolute atomic E-state index is 0.197. The van der Waals surface area contributed by atoms with Crippen LogP contribution < -0.4 is 5.32 Å². The molecule has 2 saturated heterocycles. The zero-order valence-corrected chi connectivity index (χ0v) is 33.9. The molecule has 13 heteroatoms. The van der Waals surface area contributed by atoms with Crippen molar-refractivity contribution in [1.82, 2.24) is 5.32 Å². The third-order valence-corrected chi connectivity index (χ3v) is 10.4.